The summed E-state index contributed by atoms with van der Waals surface area (Å²) in [6.45, 7) is 0. The van der Waals surface area contributed by atoms with E-state index < -0.39 is 6.04 Å². The first-order valence-corrected chi connectivity index (χ1v) is 4.20. The van der Waals surface area contributed by atoms with Gasteiger partial charge in [0.2, 0.25) is 0 Å². The summed E-state index contributed by atoms with van der Waals surface area (Å²) in [5.41, 5.74) is 0. The van der Waals surface area contributed by atoms with Crippen LogP contribution in [0.25, 0.3) is 0 Å². The van der Waals surface area contributed by atoms with Gasteiger partial charge in [0, 0.05) is 14.1 Å². The molecule has 0 N–H and O–H groups in total. The second-order valence-corrected chi connectivity index (χ2v) is 3.21. The van der Waals surface area contributed by atoms with Crippen molar-refractivity contribution >= 4 is 11.9 Å². The predicted octanol–water partition coefficient (Wildman–Crippen LogP) is 0.845. The average molecular weight is 194 g/mol. The van der Waals surface area contributed by atoms with Gasteiger partial charge in [-0.3, -0.25) is 9.69 Å². The normalized spacial score (nSPS) is 22.3. The molecule has 0 aliphatic carbocycles. The summed E-state index contributed by atoms with van der Waals surface area (Å²) in [6.07, 6.45) is 1.49. The molecule has 14 heavy (non-hydrogen) atoms. The predicted molar refractivity (Wildman–Crippen MR) is 47.4 cm³/mol. The lowest BCUT2D eigenvalue weighted by Crippen LogP contribution is -2.27. The van der Waals surface area contributed by atoms with E-state index >= 15 is 0 Å². The minimum Gasteiger partial charge on any atom is -0.467 e. The molecule has 0 aromatic carbocycles. The van der Waals surface area contributed by atoms with Crippen molar-refractivity contribution in [2.45, 2.75) is 6.04 Å². The smallest absolute Gasteiger partial charge is 0.327 e. The first-order valence-electron chi connectivity index (χ1n) is 4.20. The standard InChI is InChI=1S/C9H10N2O3/c1-10-7(6-4-3-5-14-6)8(12)11(2)9(10)13/h3-5,7H,1-2H3. The van der Waals surface area contributed by atoms with Gasteiger partial charge in [0.15, 0.2) is 6.04 Å². The molecule has 0 bridgehead atoms. The van der Waals surface area contributed by atoms with E-state index in [2.05, 4.69) is 0 Å². The Morgan fingerprint density at radius 1 is 1.36 bits per heavy atom. The van der Waals surface area contributed by atoms with Gasteiger partial charge >= 0.3 is 6.03 Å². The highest BCUT2D eigenvalue weighted by Gasteiger charge is 2.43. The van der Waals surface area contributed by atoms with Crippen molar-refractivity contribution in [1.29, 1.82) is 0 Å². The Morgan fingerprint density at radius 3 is 2.50 bits per heavy atom. The van der Waals surface area contributed by atoms with Crippen LogP contribution in [-0.4, -0.2) is 35.8 Å². The quantitative estimate of drug-likeness (QED) is 0.622. The summed E-state index contributed by atoms with van der Waals surface area (Å²) in [4.78, 5) is 25.5. The zero-order chi connectivity index (χ0) is 10.3. The Labute approximate surface area is 80.9 Å². The minimum absolute atomic E-state index is 0.257. The number of carbonyl (C=O) groups excluding carboxylic acids is 2. The van der Waals surface area contributed by atoms with Gasteiger partial charge in [0.25, 0.3) is 5.91 Å². The lowest BCUT2D eigenvalue weighted by Gasteiger charge is -2.12. The van der Waals surface area contributed by atoms with E-state index in [9.17, 15) is 9.59 Å². The van der Waals surface area contributed by atoms with Crippen molar-refractivity contribution in [2.24, 2.45) is 0 Å². The van der Waals surface area contributed by atoms with Crippen LogP contribution in [0, 0.1) is 0 Å². The van der Waals surface area contributed by atoms with Crippen molar-refractivity contribution in [3.8, 4) is 0 Å². The molecular weight excluding hydrogens is 184 g/mol. The second kappa shape index (κ2) is 2.87. The van der Waals surface area contributed by atoms with E-state index in [-0.39, 0.29) is 11.9 Å². The van der Waals surface area contributed by atoms with Gasteiger partial charge in [0.1, 0.15) is 5.76 Å². The number of furan rings is 1. The highest BCUT2D eigenvalue weighted by Crippen LogP contribution is 2.28. The third kappa shape index (κ3) is 1.02. The lowest BCUT2D eigenvalue weighted by atomic mass is 10.2. The Morgan fingerprint density at radius 2 is 2.07 bits per heavy atom. The summed E-state index contributed by atoms with van der Waals surface area (Å²) in [7, 11) is 3.04. The fraction of sp³-hybridized carbons (Fsp3) is 0.333. The number of rotatable bonds is 1. The van der Waals surface area contributed by atoms with Gasteiger partial charge in [-0.2, -0.15) is 0 Å². The van der Waals surface area contributed by atoms with Crippen molar-refractivity contribution in [2.75, 3.05) is 14.1 Å². The van der Waals surface area contributed by atoms with E-state index in [0.717, 1.165) is 4.90 Å². The Hall–Kier alpha value is -1.78. The average Bonchev–Trinajstić information content (AvgIpc) is 2.73. The Bertz CT molecular complexity index is 371. The van der Waals surface area contributed by atoms with E-state index in [1.165, 1.54) is 18.2 Å². The Balaban J connectivity index is 2.38. The Kier molecular flexibility index (Phi) is 1.80. The second-order valence-electron chi connectivity index (χ2n) is 3.21. The number of imide groups is 1. The van der Waals surface area contributed by atoms with Crippen LogP contribution in [0.2, 0.25) is 0 Å². The fourth-order valence-electron chi connectivity index (χ4n) is 1.55. The van der Waals surface area contributed by atoms with Gasteiger partial charge in [-0.1, -0.05) is 0 Å². The zero-order valence-corrected chi connectivity index (χ0v) is 7.93. The van der Waals surface area contributed by atoms with Gasteiger partial charge in [-0.25, -0.2) is 4.79 Å². The van der Waals surface area contributed by atoms with Crippen LogP contribution < -0.4 is 0 Å². The van der Waals surface area contributed by atoms with Crippen LogP contribution in [0.5, 0.6) is 0 Å². The van der Waals surface area contributed by atoms with Crippen molar-refractivity contribution in [1.82, 2.24) is 9.80 Å². The highest BCUT2D eigenvalue weighted by atomic mass is 16.3. The molecule has 1 saturated heterocycles. The van der Waals surface area contributed by atoms with Crippen molar-refractivity contribution in [3.63, 3.8) is 0 Å². The van der Waals surface area contributed by atoms with E-state index in [4.69, 9.17) is 4.42 Å². The molecular formula is C9H10N2O3. The largest absolute Gasteiger partial charge is 0.467 e. The maximum absolute atomic E-state index is 11.6. The van der Waals surface area contributed by atoms with E-state index in [0.29, 0.717) is 5.76 Å². The summed E-state index contributed by atoms with van der Waals surface area (Å²) >= 11 is 0. The molecule has 1 unspecified atom stereocenters. The van der Waals surface area contributed by atoms with Gasteiger partial charge < -0.3 is 9.32 Å². The number of amides is 3. The third-order valence-corrected chi connectivity index (χ3v) is 2.35. The summed E-state index contributed by atoms with van der Waals surface area (Å²) in [5, 5.41) is 0. The number of nitrogens with zero attached hydrogens (tertiary/aromatic N) is 2. The molecule has 1 aromatic heterocycles. The van der Waals surface area contributed by atoms with Crippen LogP contribution in [-0.2, 0) is 4.79 Å². The molecule has 1 aliphatic rings. The first-order chi connectivity index (χ1) is 6.63. The van der Waals surface area contributed by atoms with Crippen LogP contribution in [0.1, 0.15) is 11.8 Å². The SMILES string of the molecule is CN1C(=O)C(c2ccco2)N(C)C1=O. The maximum atomic E-state index is 11.6. The van der Waals surface area contributed by atoms with E-state index in [1.54, 1.807) is 19.2 Å². The topological polar surface area (TPSA) is 53.8 Å². The number of urea groups is 1. The molecule has 0 spiro atoms. The minimum atomic E-state index is -0.609. The van der Waals surface area contributed by atoms with Crippen LogP contribution in [0.4, 0.5) is 4.79 Å². The molecule has 74 valence electrons. The number of carbonyl (C=O) groups is 2. The molecule has 2 rings (SSSR count). The molecule has 5 nitrogen and oxygen atoms in total. The van der Waals surface area contributed by atoms with Crippen molar-refractivity contribution in [3.05, 3.63) is 24.2 Å². The summed E-state index contributed by atoms with van der Waals surface area (Å²) < 4.78 is 5.11. The first kappa shape index (κ1) is 8.80. The molecule has 0 radical (unpaired) electrons. The zero-order valence-electron chi connectivity index (χ0n) is 7.93. The lowest BCUT2D eigenvalue weighted by molar-refractivity contribution is -0.127. The van der Waals surface area contributed by atoms with E-state index in [1.807, 2.05) is 0 Å². The number of likely N-dealkylation sites (N-methyl/N-ethyl adjacent to an activating group) is 2. The highest BCUT2D eigenvalue weighted by molar-refractivity contribution is 6.03. The molecule has 1 atom stereocenters. The van der Waals surface area contributed by atoms with Crippen molar-refractivity contribution < 1.29 is 14.0 Å². The van der Waals surface area contributed by atoms with Gasteiger partial charge in [0.05, 0.1) is 6.26 Å². The third-order valence-electron chi connectivity index (χ3n) is 2.35. The van der Waals surface area contributed by atoms with Gasteiger partial charge in [-0.05, 0) is 12.1 Å². The molecule has 1 aromatic rings. The molecule has 5 heteroatoms. The molecule has 0 saturated carbocycles. The number of hydrogen-bond acceptors (Lipinski definition) is 3. The number of hydrogen-bond donors (Lipinski definition) is 0. The van der Waals surface area contributed by atoms with Crippen LogP contribution in [0.3, 0.4) is 0 Å². The molecule has 3 amide bonds. The van der Waals surface area contributed by atoms with Gasteiger partial charge in [-0.15, -0.1) is 0 Å². The maximum Gasteiger partial charge on any atom is 0.327 e. The summed E-state index contributed by atoms with van der Waals surface area (Å²) in [6, 6.07) is 2.46. The summed E-state index contributed by atoms with van der Waals surface area (Å²) in [5.74, 6) is 0.239. The monoisotopic (exact) mass is 194 g/mol. The molecule has 1 fully saturated rings. The van der Waals surface area contributed by atoms with Crippen LogP contribution >= 0.6 is 0 Å². The molecule has 2 heterocycles. The molecule has 1 aliphatic heterocycles. The van der Waals surface area contributed by atoms with Crippen LogP contribution in [0.15, 0.2) is 22.8 Å². The fourth-order valence-corrected chi connectivity index (χ4v) is 1.55.